The molecular weight excluding hydrogens is 292 g/mol. The number of carbonyl (C=O) groups excluding carboxylic acids is 2. The minimum absolute atomic E-state index is 0.100. The molecule has 0 aromatic carbocycles. The fraction of sp³-hybridized carbons (Fsp3) is 0.643. The Morgan fingerprint density at radius 1 is 1.38 bits per heavy atom. The summed E-state index contributed by atoms with van der Waals surface area (Å²) < 4.78 is 9.65. The second-order valence-electron chi connectivity index (χ2n) is 4.53. The van der Waals surface area contributed by atoms with Crippen LogP contribution >= 0.6 is 11.3 Å². The SMILES string of the molecule is CCCC(=O)N(CCCOC)Cc1nc(C(=O)OC)cs1. The number of ether oxygens (including phenoxy) is 2. The van der Waals surface area contributed by atoms with Gasteiger partial charge in [-0.15, -0.1) is 11.3 Å². The van der Waals surface area contributed by atoms with Crippen LogP contribution in [0.5, 0.6) is 0 Å². The summed E-state index contributed by atoms with van der Waals surface area (Å²) in [5, 5.41) is 2.39. The zero-order chi connectivity index (χ0) is 15.7. The van der Waals surface area contributed by atoms with Gasteiger partial charge < -0.3 is 14.4 Å². The number of rotatable bonds is 9. The van der Waals surface area contributed by atoms with Gasteiger partial charge in [0, 0.05) is 32.1 Å². The fourth-order valence-electron chi connectivity index (χ4n) is 1.81. The van der Waals surface area contributed by atoms with Crippen molar-refractivity contribution in [3.63, 3.8) is 0 Å². The third-order valence-electron chi connectivity index (χ3n) is 2.87. The summed E-state index contributed by atoms with van der Waals surface area (Å²) in [5.74, 6) is -0.355. The van der Waals surface area contributed by atoms with Crippen LogP contribution in [0.1, 0.15) is 41.7 Å². The smallest absolute Gasteiger partial charge is 0.357 e. The van der Waals surface area contributed by atoms with E-state index in [0.29, 0.717) is 26.1 Å². The van der Waals surface area contributed by atoms with Gasteiger partial charge in [-0.25, -0.2) is 9.78 Å². The van der Waals surface area contributed by atoms with Crippen molar-refractivity contribution in [3.05, 3.63) is 16.1 Å². The number of esters is 1. The first kappa shape index (κ1) is 17.6. The molecule has 1 amide bonds. The highest BCUT2D eigenvalue weighted by molar-refractivity contribution is 7.09. The number of carbonyl (C=O) groups is 2. The van der Waals surface area contributed by atoms with Crippen LogP contribution in [-0.2, 0) is 20.8 Å². The first-order valence-corrected chi connectivity index (χ1v) is 7.79. The van der Waals surface area contributed by atoms with Crippen molar-refractivity contribution in [1.82, 2.24) is 9.88 Å². The van der Waals surface area contributed by atoms with Crippen molar-refractivity contribution >= 4 is 23.2 Å². The number of nitrogens with zero attached hydrogens (tertiary/aromatic N) is 2. The van der Waals surface area contributed by atoms with Gasteiger partial charge >= 0.3 is 5.97 Å². The number of amides is 1. The van der Waals surface area contributed by atoms with Crippen molar-refractivity contribution in [1.29, 1.82) is 0 Å². The normalized spacial score (nSPS) is 10.4. The maximum Gasteiger partial charge on any atom is 0.357 e. The third-order valence-corrected chi connectivity index (χ3v) is 3.70. The number of methoxy groups -OCH3 is 2. The van der Waals surface area contributed by atoms with Crippen LogP contribution < -0.4 is 0 Å². The van der Waals surface area contributed by atoms with Gasteiger partial charge in [-0.1, -0.05) is 6.92 Å². The average Bonchev–Trinajstić information content (AvgIpc) is 2.94. The zero-order valence-electron chi connectivity index (χ0n) is 12.8. The molecule has 0 saturated heterocycles. The van der Waals surface area contributed by atoms with E-state index in [2.05, 4.69) is 9.72 Å². The minimum atomic E-state index is -0.455. The standard InChI is InChI=1S/C14H22N2O4S/c1-4-6-13(17)16(7-5-8-19-2)9-12-15-11(10-21-12)14(18)20-3/h10H,4-9H2,1-3H3. The molecule has 0 saturated carbocycles. The molecule has 0 N–H and O–H groups in total. The van der Waals surface area contributed by atoms with E-state index in [9.17, 15) is 9.59 Å². The monoisotopic (exact) mass is 314 g/mol. The van der Waals surface area contributed by atoms with Crippen molar-refractivity contribution < 1.29 is 19.1 Å². The Morgan fingerprint density at radius 2 is 2.14 bits per heavy atom. The van der Waals surface area contributed by atoms with E-state index in [1.165, 1.54) is 18.4 Å². The van der Waals surface area contributed by atoms with E-state index >= 15 is 0 Å². The highest BCUT2D eigenvalue weighted by Gasteiger charge is 2.16. The summed E-state index contributed by atoms with van der Waals surface area (Å²) in [6.45, 7) is 3.63. The Balaban J connectivity index is 2.68. The van der Waals surface area contributed by atoms with Crippen LogP contribution in [0.3, 0.4) is 0 Å². The Hall–Kier alpha value is -1.47. The molecule has 1 rings (SSSR count). The predicted octanol–water partition coefficient (Wildman–Crippen LogP) is 2.09. The molecule has 0 radical (unpaired) electrons. The topological polar surface area (TPSA) is 68.7 Å². The van der Waals surface area contributed by atoms with Gasteiger partial charge in [0.05, 0.1) is 13.7 Å². The van der Waals surface area contributed by atoms with Crippen LogP contribution in [0.15, 0.2) is 5.38 Å². The molecule has 1 aromatic rings. The molecule has 0 atom stereocenters. The molecule has 0 bridgehead atoms. The van der Waals surface area contributed by atoms with E-state index in [4.69, 9.17) is 4.74 Å². The summed E-state index contributed by atoms with van der Waals surface area (Å²) in [5.41, 5.74) is 0.289. The number of hydrogen-bond acceptors (Lipinski definition) is 6. The lowest BCUT2D eigenvalue weighted by Crippen LogP contribution is -2.31. The number of aromatic nitrogens is 1. The van der Waals surface area contributed by atoms with Crippen molar-refractivity contribution in [2.75, 3.05) is 27.4 Å². The van der Waals surface area contributed by atoms with Gasteiger partial charge in [0.15, 0.2) is 5.69 Å². The quantitative estimate of drug-likeness (QED) is 0.516. The lowest BCUT2D eigenvalue weighted by atomic mass is 10.3. The number of thiazole rings is 1. The summed E-state index contributed by atoms with van der Waals surface area (Å²) in [4.78, 5) is 29.5. The molecule has 0 aliphatic heterocycles. The maximum atomic E-state index is 12.1. The van der Waals surface area contributed by atoms with Gasteiger partial charge in [-0.05, 0) is 12.8 Å². The van der Waals surface area contributed by atoms with E-state index in [0.717, 1.165) is 17.8 Å². The van der Waals surface area contributed by atoms with Gasteiger partial charge in [0.1, 0.15) is 5.01 Å². The van der Waals surface area contributed by atoms with E-state index in [1.54, 1.807) is 17.4 Å². The lowest BCUT2D eigenvalue weighted by Gasteiger charge is -2.21. The van der Waals surface area contributed by atoms with E-state index in [1.807, 2.05) is 6.92 Å². The van der Waals surface area contributed by atoms with Crippen molar-refractivity contribution in [2.24, 2.45) is 0 Å². The summed E-state index contributed by atoms with van der Waals surface area (Å²) in [6.07, 6.45) is 2.11. The second kappa shape index (κ2) is 9.46. The van der Waals surface area contributed by atoms with Gasteiger partial charge in [-0.3, -0.25) is 4.79 Å². The Bertz CT molecular complexity index is 462. The van der Waals surface area contributed by atoms with E-state index in [-0.39, 0.29) is 11.6 Å². The van der Waals surface area contributed by atoms with Crippen molar-refractivity contribution in [2.45, 2.75) is 32.7 Å². The van der Waals surface area contributed by atoms with Gasteiger partial charge in [-0.2, -0.15) is 0 Å². The predicted molar refractivity (Wildman–Crippen MR) is 80.3 cm³/mol. The highest BCUT2D eigenvalue weighted by atomic mass is 32.1. The third kappa shape index (κ3) is 5.81. The molecule has 0 spiro atoms. The molecule has 1 aromatic heterocycles. The Kier molecular flexibility index (Phi) is 7.92. The Morgan fingerprint density at radius 3 is 2.76 bits per heavy atom. The molecule has 7 heteroatoms. The summed E-state index contributed by atoms with van der Waals surface area (Å²) in [6, 6.07) is 0. The minimum Gasteiger partial charge on any atom is -0.464 e. The first-order valence-electron chi connectivity index (χ1n) is 6.91. The largest absolute Gasteiger partial charge is 0.464 e. The lowest BCUT2D eigenvalue weighted by molar-refractivity contribution is -0.132. The van der Waals surface area contributed by atoms with E-state index < -0.39 is 5.97 Å². The molecule has 0 fully saturated rings. The van der Waals surface area contributed by atoms with Gasteiger partial charge in [0.2, 0.25) is 5.91 Å². The van der Waals surface area contributed by atoms with Crippen LogP contribution in [0.2, 0.25) is 0 Å². The molecule has 0 aliphatic rings. The van der Waals surface area contributed by atoms with Gasteiger partial charge in [0.25, 0.3) is 0 Å². The summed E-state index contributed by atoms with van der Waals surface area (Å²) in [7, 11) is 2.96. The van der Waals surface area contributed by atoms with Crippen LogP contribution in [-0.4, -0.2) is 49.1 Å². The van der Waals surface area contributed by atoms with Crippen LogP contribution in [0.4, 0.5) is 0 Å². The summed E-state index contributed by atoms with van der Waals surface area (Å²) >= 11 is 1.36. The Labute approximate surface area is 129 Å². The molecule has 0 aliphatic carbocycles. The zero-order valence-corrected chi connectivity index (χ0v) is 13.6. The molecule has 6 nitrogen and oxygen atoms in total. The first-order chi connectivity index (χ1) is 10.1. The molecular formula is C14H22N2O4S. The second-order valence-corrected chi connectivity index (χ2v) is 5.47. The molecule has 21 heavy (non-hydrogen) atoms. The van der Waals surface area contributed by atoms with Crippen LogP contribution in [0.25, 0.3) is 0 Å². The maximum absolute atomic E-state index is 12.1. The fourth-order valence-corrected chi connectivity index (χ4v) is 2.59. The highest BCUT2D eigenvalue weighted by Crippen LogP contribution is 2.14. The average molecular weight is 314 g/mol. The molecule has 118 valence electrons. The van der Waals surface area contributed by atoms with Crippen molar-refractivity contribution in [3.8, 4) is 0 Å². The number of hydrogen-bond donors (Lipinski definition) is 0. The van der Waals surface area contributed by atoms with Crippen LogP contribution in [0, 0.1) is 0 Å². The molecule has 0 unspecified atom stereocenters. The molecule has 1 heterocycles.